The summed E-state index contributed by atoms with van der Waals surface area (Å²) in [4.78, 5) is 12.9. The molecule has 3 rings (SSSR count). The number of carbonyl (C=O) groups excluding carboxylic acids is 1. The number of carbonyl (C=O) groups is 1. The van der Waals surface area contributed by atoms with E-state index in [9.17, 15) is 9.90 Å². The molecular weight excluding hydrogens is 344 g/mol. The van der Waals surface area contributed by atoms with Gasteiger partial charge in [-0.3, -0.25) is 0 Å². The van der Waals surface area contributed by atoms with E-state index in [1.807, 2.05) is 36.4 Å². The molecule has 0 aromatic heterocycles. The Hall–Kier alpha value is -3.47. The molecule has 0 fully saturated rings. The number of phenols is 1. The van der Waals surface area contributed by atoms with E-state index in [1.165, 1.54) is 20.3 Å². The third-order valence-corrected chi connectivity index (χ3v) is 4.14. The molecule has 138 valence electrons. The maximum absolute atomic E-state index is 12.9. The predicted molar refractivity (Wildman–Crippen MR) is 102 cm³/mol. The van der Waals surface area contributed by atoms with Crippen molar-refractivity contribution in [3.8, 4) is 23.0 Å². The molecule has 1 N–H and O–H groups in total. The number of hydrogen-bond acceptors (Lipinski definition) is 5. The first kappa shape index (κ1) is 18.3. The number of para-hydroxylation sites is 1. The quantitative estimate of drug-likeness (QED) is 0.524. The standard InChI is InChI=1S/C22H20O5/c1-25-19-14-18(22(24)27-16-11-7-4-8-12-16)17(21(26-2)20(19)23)13-15-9-5-3-6-10-15/h3-12,14,23H,13H2,1-2H3. The van der Waals surface area contributed by atoms with Crippen LogP contribution in [0.4, 0.5) is 0 Å². The monoisotopic (exact) mass is 364 g/mol. The molecule has 0 saturated carbocycles. The molecule has 0 spiro atoms. The first-order valence-corrected chi connectivity index (χ1v) is 8.42. The van der Waals surface area contributed by atoms with Crippen LogP contribution in [0.5, 0.6) is 23.0 Å². The molecule has 5 nitrogen and oxygen atoms in total. The Morgan fingerprint density at radius 1 is 0.926 bits per heavy atom. The fraction of sp³-hybridized carbons (Fsp3) is 0.136. The minimum Gasteiger partial charge on any atom is -0.502 e. The number of rotatable bonds is 6. The lowest BCUT2D eigenvalue weighted by atomic mass is 9.97. The number of benzene rings is 3. The van der Waals surface area contributed by atoms with Crippen LogP contribution in [0.1, 0.15) is 21.5 Å². The van der Waals surface area contributed by atoms with Crippen LogP contribution in [-0.4, -0.2) is 25.3 Å². The smallest absolute Gasteiger partial charge is 0.344 e. The maximum atomic E-state index is 12.9. The molecule has 0 aliphatic rings. The van der Waals surface area contributed by atoms with E-state index in [2.05, 4.69) is 0 Å². The summed E-state index contributed by atoms with van der Waals surface area (Å²) in [6, 6.07) is 19.9. The van der Waals surface area contributed by atoms with E-state index in [-0.39, 0.29) is 22.8 Å². The Morgan fingerprint density at radius 3 is 2.15 bits per heavy atom. The van der Waals surface area contributed by atoms with Crippen molar-refractivity contribution in [2.45, 2.75) is 6.42 Å². The summed E-state index contributed by atoms with van der Waals surface area (Å²) >= 11 is 0. The molecule has 0 aliphatic carbocycles. The highest BCUT2D eigenvalue weighted by Crippen LogP contribution is 2.42. The van der Waals surface area contributed by atoms with Crippen LogP contribution in [-0.2, 0) is 6.42 Å². The van der Waals surface area contributed by atoms with Crippen LogP contribution in [0, 0.1) is 0 Å². The van der Waals surface area contributed by atoms with Gasteiger partial charge in [-0.15, -0.1) is 0 Å². The van der Waals surface area contributed by atoms with E-state index < -0.39 is 5.97 Å². The van der Waals surface area contributed by atoms with Crippen molar-refractivity contribution in [3.63, 3.8) is 0 Å². The molecule has 0 amide bonds. The topological polar surface area (TPSA) is 65.0 Å². The van der Waals surface area contributed by atoms with E-state index in [0.29, 0.717) is 17.7 Å². The predicted octanol–water partition coefficient (Wildman–Crippen LogP) is 4.22. The average Bonchev–Trinajstić information content (AvgIpc) is 2.70. The summed E-state index contributed by atoms with van der Waals surface area (Å²) < 4.78 is 16.1. The van der Waals surface area contributed by atoms with Gasteiger partial charge >= 0.3 is 5.97 Å². The lowest BCUT2D eigenvalue weighted by Crippen LogP contribution is -2.13. The SMILES string of the molecule is COc1cc(C(=O)Oc2ccccc2)c(Cc2ccccc2)c(OC)c1O. The molecular formula is C22H20O5. The largest absolute Gasteiger partial charge is 0.502 e. The minimum atomic E-state index is -0.552. The maximum Gasteiger partial charge on any atom is 0.344 e. The summed E-state index contributed by atoms with van der Waals surface area (Å²) in [6.07, 6.45) is 0.390. The summed E-state index contributed by atoms with van der Waals surface area (Å²) in [5, 5.41) is 10.4. The van der Waals surface area contributed by atoms with Crippen molar-refractivity contribution in [2.24, 2.45) is 0 Å². The Labute approximate surface area is 157 Å². The summed E-state index contributed by atoms with van der Waals surface area (Å²) in [5.41, 5.74) is 1.77. The molecule has 0 saturated heterocycles. The second-order valence-electron chi connectivity index (χ2n) is 5.85. The van der Waals surface area contributed by atoms with Crippen LogP contribution in [0.15, 0.2) is 66.7 Å². The van der Waals surface area contributed by atoms with Gasteiger partial charge in [-0.25, -0.2) is 4.79 Å². The Kier molecular flexibility index (Phi) is 5.61. The third kappa shape index (κ3) is 4.03. The fourth-order valence-corrected chi connectivity index (χ4v) is 2.85. The van der Waals surface area contributed by atoms with E-state index in [4.69, 9.17) is 14.2 Å². The van der Waals surface area contributed by atoms with Crippen molar-refractivity contribution < 1.29 is 24.1 Å². The highest BCUT2D eigenvalue weighted by atomic mass is 16.5. The Balaban J connectivity index is 2.08. The van der Waals surface area contributed by atoms with E-state index in [1.54, 1.807) is 24.3 Å². The van der Waals surface area contributed by atoms with Crippen molar-refractivity contribution in [2.75, 3.05) is 14.2 Å². The van der Waals surface area contributed by atoms with Gasteiger partial charge in [-0.05, 0) is 23.8 Å². The lowest BCUT2D eigenvalue weighted by molar-refractivity contribution is 0.0732. The Bertz CT molecular complexity index is 920. The highest BCUT2D eigenvalue weighted by molar-refractivity contribution is 5.95. The van der Waals surface area contributed by atoms with Crippen LogP contribution >= 0.6 is 0 Å². The third-order valence-electron chi connectivity index (χ3n) is 4.14. The summed E-state index contributed by atoms with van der Waals surface area (Å²) in [5.74, 6) is 0.0620. The molecule has 0 radical (unpaired) electrons. The molecule has 0 atom stereocenters. The summed E-state index contributed by atoms with van der Waals surface area (Å²) in [7, 11) is 2.85. The van der Waals surface area contributed by atoms with Crippen LogP contribution in [0.3, 0.4) is 0 Å². The highest BCUT2D eigenvalue weighted by Gasteiger charge is 2.24. The first-order chi connectivity index (χ1) is 13.1. The van der Waals surface area contributed by atoms with Gasteiger partial charge in [0.05, 0.1) is 19.8 Å². The van der Waals surface area contributed by atoms with Crippen LogP contribution < -0.4 is 14.2 Å². The zero-order valence-corrected chi connectivity index (χ0v) is 15.1. The number of hydrogen-bond donors (Lipinski definition) is 1. The molecule has 5 heteroatoms. The van der Waals surface area contributed by atoms with Gasteiger partial charge in [0.1, 0.15) is 5.75 Å². The number of aromatic hydroxyl groups is 1. The molecule has 0 bridgehead atoms. The normalized spacial score (nSPS) is 10.3. The van der Waals surface area contributed by atoms with Crippen LogP contribution in [0.25, 0.3) is 0 Å². The van der Waals surface area contributed by atoms with Crippen LogP contribution in [0.2, 0.25) is 0 Å². The first-order valence-electron chi connectivity index (χ1n) is 8.42. The van der Waals surface area contributed by atoms with Gasteiger partial charge in [0.25, 0.3) is 0 Å². The second kappa shape index (κ2) is 8.27. The molecule has 0 unspecified atom stereocenters. The van der Waals surface area contributed by atoms with Crippen molar-refractivity contribution in [1.29, 1.82) is 0 Å². The molecule has 0 heterocycles. The molecule has 3 aromatic carbocycles. The number of methoxy groups -OCH3 is 2. The zero-order chi connectivity index (χ0) is 19.2. The summed E-state index contributed by atoms with van der Waals surface area (Å²) in [6.45, 7) is 0. The molecule has 0 aliphatic heterocycles. The fourth-order valence-electron chi connectivity index (χ4n) is 2.85. The average molecular weight is 364 g/mol. The lowest BCUT2D eigenvalue weighted by Gasteiger charge is -2.17. The van der Waals surface area contributed by atoms with Crippen molar-refractivity contribution >= 4 is 5.97 Å². The van der Waals surface area contributed by atoms with Crippen molar-refractivity contribution in [3.05, 3.63) is 83.4 Å². The molecule has 27 heavy (non-hydrogen) atoms. The number of phenolic OH excluding ortho intramolecular Hbond substituents is 1. The van der Waals surface area contributed by atoms with Gasteiger partial charge in [-0.1, -0.05) is 48.5 Å². The Morgan fingerprint density at radius 2 is 1.56 bits per heavy atom. The minimum absolute atomic E-state index is 0.142. The van der Waals surface area contributed by atoms with Crippen molar-refractivity contribution in [1.82, 2.24) is 0 Å². The van der Waals surface area contributed by atoms with Gasteiger partial charge in [0.2, 0.25) is 5.75 Å². The number of ether oxygens (including phenoxy) is 3. The van der Waals surface area contributed by atoms with Gasteiger partial charge in [0, 0.05) is 12.0 Å². The van der Waals surface area contributed by atoms with Gasteiger partial charge in [-0.2, -0.15) is 0 Å². The zero-order valence-electron chi connectivity index (χ0n) is 15.1. The van der Waals surface area contributed by atoms with E-state index >= 15 is 0 Å². The number of esters is 1. The molecule has 3 aromatic rings. The second-order valence-corrected chi connectivity index (χ2v) is 5.85. The van der Waals surface area contributed by atoms with E-state index in [0.717, 1.165) is 5.56 Å². The van der Waals surface area contributed by atoms with Gasteiger partial charge < -0.3 is 19.3 Å². The van der Waals surface area contributed by atoms with Gasteiger partial charge in [0.15, 0.2) is 11.5 Å².